The summed E-state index contributed by atoms with van der Waals surface area (Å²) >= 11 is 0. The Labute approximate surface area is 204 Å². The number of imidazole rings is 1. The third-order valence-electron chi connectivity index (χ3n) is 6.66. The molecule has 0 bridgehead atoms. The van der Waals surface area contributed by atoms with Gasteiger partial charge in [0.25, 0.3) is 0 Å². The number of anilines is 1. The topological polar surface area (TPSA) is 79.4 Å². The molecule has 7 nitrogen and oxygen atoms in total. The predicted molar refractivity (Wildman–Crippen MR) is 138 cm³/mol. The molecule has 0 saturated carbocycles. The van der Waals surface area contributed by atoms with E-state index in [2.05, 4.69) is 15.2 Å². The highest BCUT2D eigenvalue weighted by Gasteiger charge is 2.32. The number of carbonyl (C=O) groups is 1. The van der Waals surface area contributed by atoms with Gasteiger partial charge in [-0.25, -0.2) is 4.79 Å². The summed E-state index contributed by atoms with van der Waals surface area (Å²) in [6, 6.07) is 24.8. The Morgan fingerprint density at radius 3 is 2.46 bits per heavy atom. The summed E-state index contributed by atoms with van der Waals surface area (Å²) in [4.78, 5) is 31.5. The molecule has 35 heavy (non-hydrogen) atoms. The van der Waals surface area contributed by atoms with Gasteiger partial charge >= 0.3 is 5.69 Å². The largest absolute Gasteiger partial charge is 0.492 e. The zero-order valence-electron chi connectivity index (χ0n) is 19.8. The first-order chi connectivity index (χ1) is 17.2. The molecule has 1 fully saturated rings. The number of rotatable bonds is 7. The Hall–Kier alpha value is -3.84. The van der Waals surface area contributed by atoms with Crippen molar-refractivity contribution in [2.75, 3.05) is 25.0 Å². The molecule has 0 spiro atoms. The van der Waals surface area contributed by atoms with Crippen molar-refractivity contribution >= 4 is 22.6 Å². The summed E-state index contributed by atoms with van der Waals surface area (Å²) in [6.45, 7) is 3.86. The molecule has 1 unspecified atom stereocenters. The molecule has 2 heterocycles. The minimum absolute atomic E-state index is 0.0745. The lowest BCUT2D eigenvalue weighted by Gasteiger charge is -2.37. The lowest BCUT2D eigenvalue weighted by molar-refractivity contribution is -0.122. The van der Waals surface area contributed by atoms with Gasteiger partial charge in [0.1, 0.15) is 11.8 Å². The third kappa shape index (κ3) is 4.72. The van der Waals surface area contributed by atoms with Gasteiger partial charge in [-0.15, -0.1) is 0 Å². The molecule has 2 N–H and O–H groups in total. The Kier molecular flexibility index (Phi) is 6.68. The van der Waals surface area contributed by atoms with Gasteiger partial charge in [0, 0.05) is 19.1 Å². The molecule has 0 aliphatic carbocycles. The average Bonchev–Trinajstić information content (AvgIpc) is 3.22. The van der Waals surface area contributed by atoms with Crippen LogP contribution in [0.15, 0.2) is 83.7 Å². The van der Waals surface area contributed by atoms with Crippen LogP contribution in [0, 0.1) is 0 Å². The second kappa shape index (κ2) is 10.2. The standard InChI is InChI=1S/C28H30N4O3/c1-2-35-25-15-9-7-13-23(25)29-27(33)26(20-10-4-3-5-11-20)31-18-16-21(17-19-31)32-24-14-8-6-12-22(24)30-28(32)34/h3-15,21,26H,2,16-19H2,1H3,(H,29,33)(H,30,34). The van der Waals surface area contributed by atoms with Gasteiger partial charge < -0.3 is 15.0 Å². The number of carbonyl (C=O) groups excluding carboxylic acids is 1. The average molecular weight is 471 g/mol. The highest BCUT2D eigenvalue weighted by Crippen LogP contribution is 2.32. The van der Waals surface area contributed by atoms with Crippen molar-refractivity contribution < 1.29 is 9.53 Å². The fourth-order valence-corrected chi connectivity index (χ4v) is 5.05. The number of para-hydroxylation sites is 4. The minimum atomic E-state index is -0.438. The Morgan fingerprint density at radius 2 is 1.69 bits per heavy atom. The Balaban J connectivity index is 1.38. The van der Waals surface area contributed by atoms with Crippen LogP contribution in [0.5, 0.6) is 5.75 Å². The zero-order chi connectivity index (χ0) is 24.2. The molecule has 1 aromatic heterocycles. The quantitative estimate of drug-likeness (QED) is 0.409. The highest BCUT2D eigenvalue weighted by atomic mass is 16.5. The molecular weight excluding hydrogens is 440 g/mol. The van der Waals surface area contributed by atoms with Crippen LogP contribution in [0.1, 0.15) is 37.4 Å². The van der Waals surface area contributed by atoms with E-state index < -0.39 is 6.04 Å². The van der Waals surface area contributed by atoms with E-state index in [-0.39, 0.29) is 17.6 Å². The number of piperidine rings is 1. The number of hydrogen-bond donors (Lipinski definition) is 2. The maximum absolute atomic E-state index is 13.6. The van der Waals surface area contributed by atoms with Crippen LogP contribution in [-0.2, 0) is 4.79 Å². The number of benzene rings is 3. The van der Waals surface area contributed by atoms with E-state index in [9.17, 15) is 9.59 Å². The minimum Gasteiger partial charge on any atom is -0.492 e. The number of aromatic nitrogens is 2. The van der Waals surface area contributed by atoms with Gasteiger partial charge in [-0.3, -0.25) is 14.3 Å². The second-order valence-electron chi connectivity index (χ2n) is 8.82. The van der Waals surface area contributed by atoms with Crippen LogP contribution in [-0.4, -0.2) is 40.1 Å². The number of ether oxygens (including phenoxy) is 1. The maximum atomic E-state index is 13.6. The number of hydrogen-bond acceptors (Lipinski definition) is 4. The van der Waals surface area contributed by atoms with E-state index in [1.807, 2.05) is 90.4 Å². The molecule has 3 aromatic carbocycles. The smallest absolute Gasteiger partial charge is 0.326 e. The van der Waals surface area contributed by atoms with Crippen molar-refractivity contribution in [3.63, 3.8) is 0 Å². The summed E-state index contributed by atoms with van der Waals surface area (Å²) in [5, 5.41) is 3.10. The zero-order valence-corrected chi connectivity index (χ0v) is 19.8. The van der Waals surface area contributed by atoms with Crippen molar-refractivity contribution in [1.29, 1.82) is 0 Å². The lowest BCUT2D eigenvalue weighted by Crippen LogP contribution is -2.43. The molecule has 1 aliphatic heterocycles. The molecule has 7 heteroatoms. The molecule has 5 rings (SSSR count). The van der Waals surface area contributed by atoms with Gasteiger partial charge in [-0.2, -0.15) is 0 Å². The first-order valence-electron chi connectivity index (χ1n) is 12.2. The fraction of sp³-hybridized carbons (Fsp3) is 0.286. The number of fused-ring (bicyclic) bond motifs is 1. The van der Waals surface area contributed by atoms with Crippen LogP contribution >= 0.6 is 0 Å². The molecular formula is C28H30N4O3. The Morgan fingerprint density at radius 1 is 1.00 bits per heavy atom. The number of nitrogens with zero attached hydrogens (tertiary/aromatic N) is 2. The van der Waals surface area contributed by atoms with E-state index in [4.69, 9.17) is 4.74 Å². The van der Waals surface area contributed by atoms with Crippen LogP contribution < -0.4 is 15.7 Å². The molecule has 180 valence electrons. The number of H-pyrrole nitrogens is 1. The fourth-order valence-electron chi connectivity index (χ4n) is 5.05. The van der Waals surface area contributed by atoms with Crippen molar-refractivity contribution in [2.45, 2.75) is 31.8 Å². The van der Waals surface area contributed by atoms with Gasteiger partial charge in [-0.1, -0.05) is 54.6 Å². The number of amides is 1. The van der Waals surface area contributed by atoms with E-state index in [1.54, 1.807) is 0 Å². The summed E-state index contributed by atoms with van der Waals surface area (Å²) in [7, 11) is 0. The predicted octanol–water partition coefficient (Wildman–Crippen LogP) is 4.75. The lowest BCUT2D eigenvalue weighted by atomic mass is 9.98. The second-order valence-corrected chi connectivity index (χ2v) is 8.82. The number of nitrogens with one attached hydrogen (secondary N) is 2. The van der Waals surface area contributed by atoms with E-state index in [1.165, 1.54) is 0 Å². The molecule has 0 radical (unpaired) electrons. The SMILES string of the molecule is CCOc1ccccc1NC(=O)C(c1ccccc1)N1CCC(n2c(=O)[nH]c3ccccc32)CC1. The summed E-state index contributed by atoms with van der Waals surface area (Å²) < 4.78 is 7.58. The van der Waals surface area contributed by atoms with Crippen LogP contribution in [0.2, 0.25) is 0 Å². The van der Waals surface area contributed by atoms with Crippen molar-refractivity contribution in [3.8, 4) is 5.75 Å². The molecule has 4 aromatic rings. The van der Waals surface area contributed by atoms with Crippen molar-refractivity contribution in [2.24, 2.45) is 0 Å². The number of likely N-dealkylation sites (tertiary alicyclic amines) is 1. The van der Waals surface area contributed by atoms with Crippen molar-refractivity contribution in [3.05, 3.63) is 94.9 Å². The first-order valence-corrected chi connectivity index (χ1v) is 12.2. The first kappa shape index (κ1) is 22.9. The molecule has 1 saturated heterocycles. The van der Waals surface area contributed by atoms with Crippen LogP contribution in [0.25, 0.3) is 11.0 Å². The maximum Gasteiger partial charge on any atom is 0.326 e. The van der Waals surface area contributed by atoms with E-state index >= 15 is 0 Å². The molecule has 1 amide bonds. The summed E-state index contributed by atoms with van der Waals surface area (Å²) in [5.74, 6) is 0.568. The molecule has 1 aliphatic rings. The van der Waals surface area contributed by atoms with Crippen LogP contribution in [0.4, 0.5) is 5.69 Å². The summed E-state index contributed by atoms with van der Waals surface area (Å²) in [5.41, 5.74) is 3.33. The monoisotopic (exact) mass is 470 g/mol. The van der Waals surface area contributed by atoms with Gasteiger partial charge in [0.15, 0.2) is 0 Å². The normalized spacial score (nSPS) is 15.7. The molecule has 1 atom stereocenters. The third-order valence-corrected chi connectivity index (χ3v) is 6.66. The number of aromatic amines is 1. The van der Waals surface area contributed by atoms with E-state index in [0.29, 0.717) is 31.1 Å². The summed E-state index contributed by atoms with van der Waals surface area (Å²) in [6.07, 6.45) is 1.57. The Bertz CT molecular complexity index is 1350. The highest BCUT2D eigenvalue weighted by molar-refractivity contribution is 5.96. The van der Waals surface area contributed by atoms with Gasteiger partial charge in [0.2, 0.25) is 5.91 Å². The van der Waals surface area contributed by atoms with Gasteiger partial charge in [0.05, 0.1) is 23.3 Å². The van der Waals surface area contributed by atoms with Gasteiger partial charge in [-0.05, 0) is 49.6 Å². The van der Waals surface area contributed by atoms with Crippen molar-refractivity contribution in [1.82, 2.24) is 14.5 Å². The van der Waals surface area contributed by atoms with Crippen LogP contribution in [0.3, 0.4) is 0 Å². The van der Waals surface area contributed by atoms with E-state index in [0.717, 1.165) is 29.4 Å².